The van der Waals surface area contributed by atoms with Gasteiger partial charge in [0.15, 0.2) is 11.7 Å². The summed E-state index contributed by atoms with van der Waals surface area (Å²) in [7, 11) is 0. The van der Waals surface area contributed by atoms with Gasteiger partial charge in [0.2, 0.25) is 0 Å². The molecule has 0 heterocycles. The summed E-state index contributed by atoms with van der Waals surface area (Å²) in [5.41, 5.74) is 0. The third-order valence-electron chi connectivity index (χ3n) is 0.985. The second-order valence-electron chi connectivity index (χ2n) is 2.08. The molecule has 0 unspecified atom stereocenters. The molecule has 0 saturated carbocycles. The lowest BCUT2D eigenvalue weighted by molar-refractivity contribution is -0.112. The van der Waals surface area contributed by atoms with E-state index in [0.29, 0.717) is 12.5 Å². The fourth-order valence-corrected chi connectivity index (χ4v) is 0.658. The zero-order valence-corrected chi connectivity index (χ0v) is 7.31. The Labute approximate surface area is 67.4 Å². The van der Waals surface area contributed by atoms with Gasteiger partial charge in [-0.25, -0.2) is 0 Å². The number of nitrogens with one attached hydrogen (secondary N) is 1. The first-order chi connectivity index (χ1) is 5.20. The van der Waals surface area contributed by atoms with Crippen molar-refractivity contribution in [1.82, 2.24) is 5.32 Å². The molecule has 0 aromatic carbocycles. The second kappa shape index (κ2) is 5.77. The number of ether oxygens (including phenoxy) is 1. The normalized spacial score (nSPS) is 11.0. The maximum absolute atomic E-state index is 10.6. The Morgan fingerprint density at radius 2 is 2.18 bits per heavy atom. The monoisotopic (exact) mass is 157 g/mol. The fraction of sp³-hybridized carbons (Fsp3) is 0.625. The van der Waals surface area contributed by atoms with Crippen LogP contribution >= 0.6 is 0 Å². The van der Waals surface area contributed by atoms with Crippen molar-refractivity contribution >= 4 is 5.78 Å². The van der Waals surface area contributed by atoms with Gasteiger partial charge in [0.25, 0.3) is 0 Å². The van der Waals surface area contributed by atoms with Crippen molar-refractivity contribution in [3.05, 3.63) is 12.0 Å². The van der Waals surface area contributed by atoms with E-state index in [1.807, 2.05) is 13.8 Å². The highest BCUT2D eigenvalue weighted by Crippen LogP contribution is 1.91. The minimum Gasteiger partial charge on any atom is -0.479 e. The molecule has 0 aromatic heterocycles. The maximum atomic E-state index is 10.6. The molecule has 0 amide bonds. The third kappa shape index (κ3) is 5.45. The molecule has 0 aliphatic rings. The molecule has 11 heavy (non-hydrogen) atoms. The van der Waals surface area contributed by atoms with E-state index in [-0.39, 0.29) is 5.78 Å². The zero-order valence-electron chi connectivity index (χ0n) is 7.31. The topological polar surface area (TPSA) is 38.3 Å². The molecule has 0 atom stereocenters. The van der Waals surface area contributed by atoms with E-state index in [1.54, 1.807) is 0 Å². The van der Waals surface area contributed by atoms with Gasteiger partial charge in [0.1, 0.15) is 0 Å². The zero-order chi connectivity index (χ0) is 8.69. The first-order valence-electron chi connectivity index (χ1n) is 3.79. The molecule has 0 spiro atoms. The van der Waals surface area contributed by atoms with Crippen LogP contribution in [0.5, 0.6) is 0 Å². The van der Waals surface area contributed by atoms with Crippen molar-refractivity contribution < 1.29 is 9.53 Å². The molecule has 1 N–H and O–H groups in total. The number of rotatable bonds is 5. The minimum atomic E-state index is -0.00519. The van der Waals surface area contributed by atoms with Gasteiger partial charge in [0, 0.05) is 12.6 Å². The minimum absolute atomic E-state index is 0.00519. The van der Waals surface area contributed by atoms with E-state index in [1.165, 1.54) is 13.0 Å². The van der Waals surface area contributed by atoms with Gasteiger partial charge in [0.05, 0.1) is 6.61 Å². The van der Waals surface area contributed by atoms with Crippen LogP contribution in [0.3, 0.4) is 0 Å². The fourth-order valence-electron chi connectivity index (χ4n) is 0.658. The standard InChI is InChI=1S/C8H15NO2/c1-4-9-8(11-5-2)6-7(3)10/h6,9H,4-5H2,1-3H3/b8-6-. The van der Waals surface area contributed by atoms with E-state index >= 15 is 0 Å². The number of carbonyl (C=O) groups is 1. The Morgan fingerprint density at radius 1 is 1.55 bits per heavy atom. The predicted molar refractivity (Wildman–Crippen MR) is 44.1 cm³/mol. The third-order valence-corrected chi connectivity index (χ3v) is 0.985. The molecule has 0 aromatic rings. The molecule has 0 radical (unpaired) electrons. The van der Waals surface area contributed by atoms with Gasteiger partial charge in [-0.05, 0) is 20.8 Å². The molecular formula is C8H15NO2. The van der Waals surface area contributed by atoms with Crippen LogP contribution in [0.15, 0.2) is 12.0 Å². The summed E-state index contributed by atoms with van der Waals surface area (Å²) in [6, 6.07) is 0. The molecule has 64 valence electrons. The Hall–Kier alpha value is -0.990. The van der Waals surface area contributed by atoms with Crippen LogP contribution in [0.4, 0.5) is 0 Å². The Balaban J connectivity index is 3.96. The summed E-state index contributed by atoms with van der Waals surface area (Å²) in [4.78, 5) is 10.6. The molecular weight excluding hydrogens is 142 g/mol. The SMILES string of the molecule is CCN/C(=C/C(C)=O)OCC. The molecule has 0 fully saturated rings. The van der Waals surface area contributed by atoms with Crippen molar-refractivity contribution in [1.29, 1.82) is 0 Å². The highest BCUT2D eigenvalue weighted by atomic mass is 16.5. The molecule has 0 saturated heterocycles. The molecule has 0 aliphatic carbocycles. The van der Waals surface area contributed by atoms with Crippen molar-refractivity contribution in [3.8, 4) is 0 Å². The molecule has 0 bridgehead atoms. The number of ketones is 1. The quantitative estimate of drug-likeness (QED) is 0.479. The van der Waals surface area contributed by atoms with Crippen LogP contribution in [0.2, 0.25) is 0 Å². The second-order valence-corrected chi connectivity index (χ2v) is 2.08. The summed E-state index contributed by atoms with van der Waals surface area (Å²) in [6.07, 6.45) is 1.45. The lowest BCUT2D eigenvalue weighted by Gasteiger charge is -2.07. The summed E-state index contributed by atoms with van der Waals surface area (Å²) < 4.78 is 5.12. The van der Waals surface area contributed by atoms with Gasteiger partial charge >= 0.3 is 0 Å². The van der Waals surface area contributed by atoms with E-state index in [2.05, 4.69) is 5.32 Å². The average molecular weight is 157 g/mol. The van der Waals surface area contributed by atoms with Crippen LogP contribution in [0, 0.1) is 0 Å². The van der Waals surface area contributed by atoms with Crippen molar-refractivity contribution in [2.75, 3.05) is 13.2 Å². The van der Waals surface area contributed by atoms with E-state index < -0.39 is 0 Å². The lowest BCUT2D eigenvalue weighted by Crippen LogP contribution is -2.15. The number of carbonyl (C=O) groups excluding carboxylic acids is 1. The van der Waals surface area contributed by atoms with E-state index in [0.717, 1.165) is 6.54 Å². The number of hydrogen-bond donors (Lipinski definition) is 1. The predicted octanol–water partition coefficient (Wildman–Crippen LogP) is 1.06. The Kier molecular flexibility index (Phi) is 5.25. The molecule has 3 heteroatoms. The van der Waals surface area contributed by atoms with Crippen LogP contribution < -0.4 is 5.32 Å². The van der Waals surface area contributed by atoms with Crippen LogP contribution in [0.25, 0.3) is 0 Å². The van der Waals surface area contributed by atoms with Gasteiger partial charge < -0.3 is 10.1 Å². The van der Waals surface area contributed by atoms with Gasteiger partial charge in [-0.15, -0.1) is 0 Å². The first-order valence-corrected chi connectivity index (χ1v) is 3.79. The lowest BCUT2D eigenvalue weighted by atomic mass is 10.4. The van der Waals surface area contributed by atoms with Crippen molar-refractivity contribution in [3.63, 3.8) is 0 Å². The molecule has 0 rings (SSSR count). The Bertz CT molecular complexity index is 144. The van der Waals surface area contributed by atoms with Crippen molar-refractivity contribution in [2.24, 2.45) is 0 Å². The van der Waals surface area contributed by atoms with E-state index in [4.69, 9.17) is 4.74 Å². The largest absolute Gasteiger partial charge is 0.479 e. The van der Waals surface area contributed by atoms with Crippen LogP contribution in [-0.2, 0) is 9.53 Å². The maximum Gasteiger partial charge on any atom is 0.190 e. The van der Waals surface area contributed by atoms with Gasteiger partial charge in [-0.1, -0.05) is 0 Å². The molecule has 3 nitrogen and oxygen atoms in total. The van der Waals surface area contributed by atoms with E-state index in [9.17, 15) is 4.79 Å². The average Bonchev–Trinajstić information content (AvgIpc) is 1.87. The number of hydrogen-bond acceptors (Lipinski definition) is 3. The van der Waals surface area contributed by atoms with Gasteiger partial charge in [-0.3, -0.25) is 4.79 Å². The summed E-state index contributed by atoms with van der Waals surface area (Å²) in [6.45, 7) is 6.67. The first kappa shape index (κ1) is 10.0. The molecule has 0 aliphatic heterocycles. The summed E-state index contributed by atoms with van der Waals surface area (Å²) in [5, 5.41) is 2.93. The summed E-state index contributed by atoms with van der Waals surface area (Å²) in [5.74, 6) is 0.553. The smallest absolute Gasteiger partial charge is 0.190 e. The highest BCUT2D eigenvalue weighted by molar-refractivity contribution is 5.87. The van der Waals surface area contributed by atoms with Crippen molar-refractivity contribution in [2.45, 2.75) is 20.8 Å². The highest BCUT2D eigenvalue weighted by Gasteiger charge is 1.95. The van der Waals surface area contributed by atoms with Gasteiger partial charge in [-0.2, -0.15) is 0 Å². The van der Waals surface area contributed by atoms with Crippen LogP contribution in [-0.4, -0.2) is 18.9 Å². The van der Waals surface area contributed by atoms with Crippen LogP contribution in [0.1, 0.15) is 20.8 Å². The number of allylic oxidation sites excluding steroid dienone is 1. The Morgan fingerprint density at radius 3 is 2.55 bits per heavy atom. The summed E-state index contributed by atoms with van der Waals surface area (Å²) >= 11 is 0.